The minimum Gasteiger partial charge on any atom is -0.0654 e. The summed E-state index contributed by atoms with van der Waals surface area (Å²) in [6.07, 6.45) is 26.3. The molecule has 5 atom stereocenters. The lowest BCUT2D eigenvalue weighted by Gasteiger charge is -2.45. The Hall–Kier alpha value is -0.780. The second-order valence-corrected chi connectivity index (χ2v) is 11.7. The van der Waals surface area contributed by atoms with E-state index in [-0.39, 0.29) is 0 Å². The van der Waals surface area contributed by atoms with E-state index in [2.05, 4.69) is 32.0 Å². The molecular weight excluding hydrogens is 372 g/mol. The normalized spacial score (nSPS) is 30.6. The van der Waals surface area contributed by atoms with Crippen LogP contribution >= 0.6 is 0 Å². The van der Waals surface area contributed by atoms with Crippen molar-refractivity contribution in [3.8, 4) is 0 Å². The molecule has 1 aromatic rings. The molecule has 0 radical (unpaired) electrons. The van der Waals surface area contributed by atoms with Crippen LogP contribution in [0.1, 0.15) is 127 Å². The smallest absolute Gasteiger partial charge is 0.0245 e. The van der Waals surface area contributed by atoms with E-state index < -0.39 is 0 Å². The van der Waals surface area contributed by atoms with E-state index in [4.69, 9.17) is 0 Å². The molecule has 0 spiro atoms. The second-order valence-electron chi connectivity index (χ2n) is 11.7. The van der Waals surface area contributed by atoms with Gasteiger partial charge in [0.1, 0.15) is 0 Å². The van der Waals surface area contributed by atoms with Crippen LogP contribution in [0.4, 0.5) is 0 Å². The lowest BCUT2D eigenvalue weighted by molar-refractivity contribution is 0.0690. The van der Waals surface area contributed by atoms with Crippen LogP contribution in [0.5, 0.6) is 0 Å². The molecule has 0 nitrogen and oxygen atoms in total. The van der Waals surface area contributed by atoms with E-state index in [0.29, 0.717) is 0 Å². The number of aryl methyl sites for hydroxylation is 2. The maximum atomic E-state index is 2.57. The van der Waals surface area contributed by atoms with E-state index in [1.807, 2.05) is 0 Å². The highest BCUT2D eigenvalue weighted by Crippen LogP contribution is 2.49. The predicted octanol–water partition coefficient (Wildman–Crippen LogP) is 9.33. The summed E-state index contributed by atoms with van der Waals surface area (Å²) in [6.45, 7) is 4.64. The Morgan fingerprint density at radius 1 is 0.677 bits per heavy atom. The van der Waals surface area contributed by atoms with Crippen LogP contribution in [-0.2, 0) is 19.3 Å². The molecule has 0 heterocycles. The third-order valence-corrected chi connectivity index (χ3v) is 9.50. The molecule has 0 aromatic heterocycles. The van der Waals surface area contributed by atoms with E-state index >= 15 is 0 Å². The van der Waals surface area contributed by atoms with Gasteiger partial charge in [-0.25, -0.2) is 0 Å². The van der Waals surface area contributed by atoms with Crippen LogP contribution in [0, 0.1) is 29.6 Å². The molecule has 3 aliphatic carbocycles. The zero-order valence-corrected chi connectivity index (χ0v) is 20.8. The van der Waals surface area contributed by atoms with Gasteiger partial charge in [0.25, 0.3) is 0 Å². The zero-order valence-electron chi connectivity index (χ0n) is 20.8. The highest BCUT2D eigenvalue weighted by atomic mass is 14.4. The summed E-state index contributed by atoms with van der Waals surface area (Å²) < 4.78 is 0. The number of unbranched alkanes of at least 4 members (excludes halogenated alkanes) is 5. The summed E-state index contributed by atoms with van der Waals surface area (Å²) in [4.78, 5) is 0. The van der Waals surface area contributed by atoms with E-state index in [1.165, 1.54) is 77.0 Å². The number of hydrogen-bond acceptors (Lipinski definition) is 0. The third-order valence-electron chi connectivity index (χ3n) is 9.50. The fourth-order valence-corrected chi connectivity index (χ4v) is 7.55. The molecule has 0 saturated heterocycles. The lowest BCUT2D eigenvalue weighted by atomic mass is 9.61. The maximum absolute atomic E-state index is 2.57. The molecule has 3 unspecified atom stereocenters. The van der Waals surface area contributed by atoms with Crippen molar-refractivity contribution >= 4 is 0 Å². The van der Waals surface area contributed by atoms with Gasteiger partial charge in [-0.05, 0) is 110 Å². The van der Waals surface area contributed by atoms with Crippen molar-refractivity contribution in [1.29, 1.82) is 0 Å². The average Bonchev–Trinajstić information content (AvgIpc) is 2.81. The fourth-order valence-electron chi connectivity index (χ4n) is 7.55. The SMILES string of the molecule is CCCCCC[C@@H]1CC[C@@H]2CC(C3CCc4cc(CCCCC)ccc4C3)CCC2C1. The molecule has 0 amide bonds. The number of benzene rings is 1. The molecule has 0 heteroatoms. The van der Waals surface area contributed by atoms with Gasteiger partial charge in [-0.2, -0.15) is 0 Å². The van der Waals surface area contributed by atoms with E-state index in [1.54, 1.807) is 55.2 Å². The average molecular weight is 423 g/mol. The molecule has 31 heavy (non-hydrogen) atoms. The third kappa shape index (κ3) is 6.39. The highest BCUT2D eigenvalue weighted by Gasteiger charge is 2.38. The first-order chi connectivity index (χ1) is 15.3. The summed E-state index contributed by atoms with van der Waals surface area (Å²) in [6, 6.07) is 7.54. The summed E-state index contributed by atoms with van der Waals surface area (Å²) in [5.41, 5.74) is 4.99. The summed E-state index contributed by atoms with van der Waals surface area (Å²) in [5.74, 6) is 5.24. The van der Waals surface area contributed by atoms with Gasteiger partial charge in [0.05, 0.1) is 0 Å². The van der Waals surface area contributed by atoms with Gasteiger partial charge in [-0.15, -0.1) is 0 Å². The monoisotopic (exact) mass is 422 g/mol. The minimum atomic E-state index is 0.978. The van der Waals surface area contributed by atoms with Crippen molar-refractivity contribution in [2.45, 2.75) is 129 Å². The Balaban J connectivity index is 1.24. The Labute approximate surface area is 194 Å². The lowest BCUT2D eigenvalue weighted by Crippen LogP contribution is -2.35. The summed E-state index contributed by atoms with van der Waals surface area (Å²) >= 11 is 0. The summed E-state index contributed by atoms with van der Waals surface area (Å²) in [7, 11) is 0. The Bertz CT molecular complexity index is 658. The van der Waals surface area contributed by atoms with Crippen molar-refractivity contribution in [1.82, 2.24) is 0 Å². The van der Waals surface area contributed by atoms with Gasteiger partial charge in [-0.1, -0.05) is 83.4 Å². The first kappa shape index (κ1) is 23.4. The Morgan fingerprint density at radius 2 is 1.42 bits per heavy atom. The van der Waals surface area contributed by atoms with Crippen LogP contribution in [-0.4, -0.2) is 0 Å². The van der Waals surface area contributed by atoms with Gasteiger partial charge < -0.3 is 0 Å². The quantitative estimate of drug-likeness (QED) is 0.329. The van der Waals surface area contributed by atoms with E-state index in [0.717, 1.165) is 29.6 Å². The first-order valence-electron chi connectivity index (χ1n) is 14.4. The fraction of sp³-hybridized carbons (Fsp3) is 0.806. The molecule has 2 saturated carbocycles. The number of hydrogen-bond donors (Lipinski definition) is 0. The van der Waals surface area contributed by atoms with Crippen molar-refractivity contribution in [2.24, 2.45) is 29.6 Å². The van der Waals surface area contributed by atoms with Gasteiger partial charge in [0.2, 0.25) is 0 Å². The topological polar surface area (TPSA) is 0 Å². The van der Waals surface area contributed by atoms with Crippen molar-refractivity contribution < 1.29 is 0 Å². The molecule has 3 aliphatic rings. The maximum Gasteiger partial charge on any atom is -0.0245 e. The van der Waals surface area contributed by atoms with Gasteiger partial charge >= 0.3 is 0 Å². The molecule has 0 aliphatic heterocycles. The van der Waals surface area contributed by atoms with Crippen LogP contribution in [0.15, 0.2) is 18.2 Å². The standard InChI is InChI=1S/C31H50/c1-3-5-7-9-11-25-13-15-29-23-31(19-17-27(29)21-25)30-18-16-26-20-24(10-8-6-4-2)12-14-28(26)22-30/h12,14,20,25,27,29-31H,3-11,13,15-19,21-23H2,1-2H3/t25-,27?,29-,30?,31?/m1/s1. The van der Waals surface area contributed by atoms with Gasteiger partial charge in [-0.3, -0.25) is 0 Å². The van der Waals surface area contributed by atoms with Crippen molar-refractivity contribution in [3.63, 3.8) is 0 Å². The van der Waals surface area contributed by atoms with Gasteiger partial charge in [0.15, 0.2) is 0 Å². The molecular formula is C31H50. The van der Waals surface area contributed by atoms with Crippen LogP contribution < -0.4 is 0 Å². The van der Waals surface area contributed by atoms with Crippen LogP contribution in [0.2, 0.25) is 0 Å². The number of fused-ring (bicyclic) bond motifs is 2. The van der Waals surface area contributed by atoms with Crippen LogP contribution in [0.3, 0.4) is 0 Å². The molecule has 0 bridgehead atoms. The predicted molar refractivity (Wildman–Crippen MR) is 136 cm³/mol. The summed E-state index contributed by atoms with van der Waals surface area (Å²) in [5, 5.41) is 0. The molecule has 2 fully saturated rings. The number of rotatable bonds is 10. The van der Waals surface area contributed by atoms with E-state index in [9.17, 15) is 0 Å². The minimum absolute atomic E-state index is 0.978. The zero-order chi connectivity index (χ0) is 21.5. The Morgan fingerprint density at radius 3 is 2.26 bits per heavy atom. The Kier molecular flexibility index (Phi) is 8.98. The van der Waals surface area contributed by atoms with Crippen molar-refractivity contribution in [2.75, 3.05) is 0 Å². The largest absolute Gasteiger partial charge is 0.0654 e. The highest BCUT2D eigenvalue weighted by molar-refractivity contribution is 5.34. The van der Waals surface area contributed by atoms with Crippen molar-refractivity contribution in [3.05, 3.63) is 34.9 Å². The second kappa shape index (κ2) is 11.9. The molecule has 0 N–H and O–H groups in total. The molecule has 174 valence electrons. The first-order valence-corrected chi connectivity index (χ1v) is 14.4. The van der Waals surface area contributed by atoms with Gasteiger partial charge in [0, 0.05) is 0 Å². The van der Waals surface area contributed by atoms with Crippen LogP contribution in [0.25, 0.3) is 0 Å². The molecule has 1 aromatic carbocycles. The molecule has 4 rings (SSSR count).